The van der Waals surface area contributed by atoms with E-state index in [-0.39, 0.29) is 11.8 Å². The molecule has 8 heteroatoms. The molecule has 0 unspecified atom stereocenters. The zero-order valence-corrected chi connectivity index (χ0v) is 15.4. The van der Waals surface area contributed by atoms with Crippen molar-refractivity contribution in [3.05, 3.63) is 41.3 Å². The van der Waals surface area contributed by atoms with Gasteiger partial charge < -0.3 is 14.5 Å². The minimum Gasteiger partial charge on any atom is -0.481 e. The lowest BCUT2D eigenvalue weighted by molar-refractivity contribution is 0.0531. The minimum absolute atomic E-state index is 0.0467. The van der Waals surface area contributed by atoms with Crippen molar-refractivity contribution in [1.82, 2.24) is 24.6 Å². The molecule has 2 aromatic heterocycles. The Morgan fingerprint density at radius 1 is 1.00 bits per heavy atom. The van der Waals surface area contributed by atoms with E-state index in [0.717, 1.165) is 31.5 Å². The molecule has 0 radical (unpaired) electrons. The molecule has 4 rings (SSSR count). The zero-order valence-electron chi connectivity index (χ0n) is 15.4. The molecule has 8 nitrogen and oxygen atoms in total. The van der Waals surface area contributed by atoms with Crippen LogP contribution in [0.1, 0.15) is 39.4 Å². The van der Waals surface area contributed by atoms with Crippen molar-refractivity contribution >= 4 is 11.8 Å². The number of carbonyl (C=O) groups is 2. The van der Waals surface area contributed by atoms with Gasteiger partial charge in [0.1, 0.15) is 0 Å². The number of piperazine rings is 1. The Bertz CT molecular complexity index is 831. The molecule has 1 saturated heterocycles. The number of aromatic nitrogens is 3. The zero-order chi connectivity index (χ0) is 18.8. The number of fused-ring (bicyclic) bond motifs is 1. The van der Waals surface area contributed by atoms with Crippen molar-refractivity contribution < 1.29 is 14.3 Å². The summed E-state index contributed by atoms with van der Waals surface area (Å²) >= 11 is 0. The van der Waals surface area contributed by atoms with Gasteiger partial charge >= 0.3 is 0 Å². The average molecular weight is 369 g/mol. The molecule has 0 N–H and O–H groups in total. The van der Waals surface area contributed by atoms with Gasteiger partial charge in [-0.15, -0.1) is 0 Å². The second-order valence-electron chi connectivity index (χ2n) is 6.87. The summed E-state index contributed by atoms with van der Waals surface area (Å²) in [7, 11) is 1.52. The number of hydrogen-bond acceptors (Lipinski definition) is 5. The number of hydrogen-bond donors (Lipinski definition) is 0. The standard InChI is InChI=1S/C19H23N5O3/c1-27-17-12-14(5-6-20-17)18(25)22-8-10-23(11-9-22)19(26)16-13-15-4-2-3-7-24(15)21-16/h5-6,12-13H,2-4,7-11H2,1H3. The van der Waals surface area contributed by atoms with Crippen LogP contribution in [0.4, 0.5) is 0 Å². The second kappa shape index (κ2) is 7.38. The highest BCUT2D eigenvalue weighted by Gasteiger charge is 2.27. The number of pyridine rings is 1. The fourth-order valence-electron chi connectivity index (χ4n) is 3.63. The van der Waals surface area contributed by atoms with E-state index in [1.807, 2.05) is 10.7 Å². The van der Waals surface area contributed by atoms with Crippen LogP contribution in [-0.4, -0.2) is 69.7 Å². The number of amides is 2. The number of ether oxygens (including phenoxy) is 1. The summed E-state index contributed by atoms with van der Waals surface area (Å²) in [6, 6.07) is 5.23. The van der Waals surface area contributed by atoms with Crippen LogP contribution in [0.25, 0.3) is 0 Å². The second-order valence-corrected chi connectivity index (χ2v) is 6.87. The van der Waals surface area contributed by atoms with Gasteiger partial charge in [0.05, 0.1) is 7.11 Å². The first kappa shape index (κ1) is 17.5. The van der Waals surface area contributed by atoms with E-state index in [4.69, 9.17) is 4.74 Å². The highest BCUT2D eigenvalue weighted by Crippen LogP contribution is 2.18. The Balaban J connectivity index is 1.39. The minimum atomic E-state index is -0.0692. The normalized spacial score (nSPS) is 16.8. The van der Waals surface area contributed by atoms with Crippen molar-refractivity contribution in [2.45, 2.75) is 25.8 Å². The van der Waals surface area contributed by atoms with E-state index in [9.17, 15) is 9.59 Å². The lowest BCUT2D eigenvalue weighted by Crippen LogP contribution is -2.50. The summed E-state index contributed by atoms with van der Waals surface area (Å²) in [5.41, 5.74) is 2.21. The molecule has 0 spiro atoms. The molecule has 2 aliphatic rings. The van der Waals surface area contributed by atoms with Gasteiger partial charge in [0.25, 0.3) is 11.8 Å². The highest BCUT2D eigenvalue weighted by atomic mass is 16.5. The van der Waals surface area contributed by atoms with Gasteiger partial charge in [0, 0.05) is 56.2 Å². The maximum atomic E-state index is 12.8. The fraction of sp³-hybridized carbons (Fsp3) is 0.474. The molecule has 2 aromatic rings. The maximum absolute atomic E-state index is 12.8. The summed E-state index contributed by atoms with van der Waals surface area (Å²) in [5, 5.41) is 4.47. The molecule has 4 heterocycles. The summed E-state index contributed by atoms with van der Waals surface area (Å²) in [4.78, 5) is 33.0. The Morgan fingerprint density at radius 3 is 2.44 bits per heavy atom. The summed E-state index contributed by atoms with van der Waals surface area (Å²) in [5.74, 6) is 0.299. The van der Waals surface area contributed by atoms with E-state index >= 15 is 0 Å². The number of aryl methyl sites for hydroxylation is 2. The van der Waals surface area contributed by atoms with Gasteiger partial charge in [-0.2, -0.15) is 5.10 Å². The molecule has 142 valence electrons. The third-order valence-electron chi connectivity index (χ3n) is 5.18. The monoisotopic (exact) mass is 369 g/mol. The van der Waals surface area contributed by atoms with E-state index in [1.165, 1.54) is 7.11 Å². The average Bonchev–Trinajstić information content (AvgIpc) is 3.17. The van der Waals surface area contributed by atoms with Crippen LogP contribution in [0.5, 0.6) is 5.88 Å². The molecule has 0 aliphatic carbocycles. The van der Waals surface area contributed by atoms with Crippen molar-refractivity contribution in [1.29, 1.82) is 0 Å². The van der Waals surface area contributed by atoms with Crippen molar-refractivity contribution in [3.63, 3.8) is 0 Å². The van der Waals surface area contributed by atoms with Gasteiger partial charge in [0.2, 0.25) is 5.88 Å². The predicted octanol–water partition coefficient (Wildman–Crippen LogP) is 1.22. The Morgan fingerprint density at radius 2 is 1.74 bits per heavy atom. The molecule has 27 heavy (non-hydrogen) atoms. The number of methoxy groups -OCH3 is 1. The topological polar surface area (TPSA) is 80.6 Å². The summed E-state index contributed by atoms with van der Waals surface area (Å²) < 4.78 is 7.03. The van der Waals surface area contributed by atoms with E-state index < -0.39 is 0 Å². The van der Waals surface area contributed by atoms with Crippen LogP contribution in [0.3, 0.4) is 0 Å². The first-order valence-electron chi connectivity index (χ1n) is 9.31. The Kier molecular flexibility index (Phi) is 4.79. The lowest BCUT2D eigenvalue weighted by Gasteiger charge is -2.34. The molecule has 0 aromatic carbocycles. The molecule has 0 atom stereocenters. The van der Waals surface area contributed by atoms with Crippen LogP contribution in [0, 0.1) is 0 Å². The van der Waals surface area contributed by atoms with Crippen molar-refractivity contribution in [3.8, 4) is 5.88 Å². The number of rotatable bonds is 3. The summed E-state index contributed by atoms with van der Waals surface area (Å²) in [6.45, 7) is 2.91. The highest BCUT2D eigenvalue weighted by molar-refractivity contribution is 5.95. The van der Waals surface area contributed by atoms with Gasteiger partial charge in [-0.25, -0.2) is 4.98 Å². The maximum Gasteiger partial charge on any atom is 0.274 e. The van der Waals surface area contributed by atoms with Crippen molar-refractivity contribution in [2.24, 2.45) is 0 Å². The van der Waals surface area contributed by atoms with Gasteiger partial charge in [-0.3, -0.25) is 14.3 Å². The molecule has 0 saturated carbocycles. The molecular formula is C19H23N5O3. The van der Waals surface area contributed by atoms with Crippen LogP contribution in [-0.2, 0) is 13.0 Å². The largest absolute Gasteiger partial charge is 0.481 e. The third kappa shape index (κ3) is 3.51. The molecule has 2 aliphatic heterocycles. The van der Waals surface area contributed by atoms with Crippen LogP contribution in [0.2, 0.25) is 0 Å². The predicted molar refractivity (Wildman–Crippen MR) is 97.8 cm³/mol. The van der Waals surface area contributed by atoms with E-state index in [0.29, 0.717) is 43.3 Å². The van der Waals surface area contributed by atoms with Gasteiger partial charge in [-0.05, 0) is 31.4 Å². The first-order chi connectivity index (χ1) is 13.2. The smallest absolute Gasteiger partial charge is 0.274 e. The van der Waals surface area contributed by atoms with Crippen LogP contribution >= 0.6 is 0 Å². The van der Waals surface area contributed by atoms with E-state index in [1.54, 1.807) is 28.1 Å². The number of nitrogens with zero attached hydrogens (tertiary/aromatic N) is 5. The van der Waals surface area contributed by atoms with Gasteiger partial charge in [-0.1, -0.05) is 0 Å². The van der Waals surface area contributed by atoms with Crippen LogP contribution < -0.4 is 4.74 Å². The van der Waals surface area contributed by atoms with Gasteiger partial charge in [0.15, 0.2) is 5.69 Å². The SMILES string of the molecule is COc1cc(C(=O)N2CCN(C(=O)c3cc4n(n3)CCCC4)CC2)ccn1. The van der Waals surface area contributed by atoms with Crippen LogP contribution in [0.15, 0.2) is 24.4 Å². The van der Waals surface area contributed by atoms with Crippen molar-refractivity contribution in [2.75, 3.05) is 33.3 Å². The molecule has 1 fully saturated rings. The lowest BCUT2D eigenvalue weighted by atomic mass is 10.1. The molecule has 2 amide bonds. The molecule has 0 bridgehead atoms. The summed E-state index contributed by atoms with van der Waals surface area (Å²) in [6.07, 6.45) is 4.81. The third-order valence-corrected chi connectivity index (χ3v) is 5.18. The van der Waals surface area contributed by atoms with E-state index in [2.05, 4.69) is 10.1 Å². The fourth-order valence-corrected chi connectivity index (χ4v) is 3.63. The Labute approximate surface area is 157 Å². The molecular weight excluding hydrogens is 346 g/mol. The first-order valence-corrected chi connectivity index (χ1v) is 9.31. The number of carbonyl (C=O) groups excluding carboxylic acids is 2. The Hall–Kier alpha value is -2.90. The quantitative estimate of drug-likeness (QED) is 0.813.